The van der Waals surface area contributed by atoms with Crippen LogP contribution in [0.25, 0.3) is 0 Å². The molecule has 1 aliphatic rings. The Labute approximate surface area is 139 Å². The molecule has 0 unspecified atom stereocenters. The minimum absolute atomic E-state index is 0.152. The average molecular weight is 324 g/mol. The minimum Gasteiger partial charge on any atom is -0.462 e. The molecule has 0 saturated carbocycles. The largest absolute Gasteiger partial charge is 0.462 e. The lowest BCUT2D eigenvalue weighted by atomic mass is 10.1. The lowest BCUT2D eigenvalue weighted by molar-refractivity contribution is -0.135. The van der Waals surface area contributed by atoms with E-state index < -0.39 is 11.9 Å². The minimum atomic E-state index is -0.530. The summed E-state index contributed by atoms with van der Waals surface area (Å²) in [5, 5.41) is 4.17. The second kappa shape index (κ2) is 7.41. The molecule has 0 bridgehead atoms. The third-order valence-corrected chi connectivity index (χ3v) is 3.43. The summed E-state index contributed by atoms with van der Waals surface area (Å²) in [6.07, 6.45) is 0.426. The van der Waals surface area contributed by atoms with Gasteiger partial charge in [0.25, 0.3) is 0 Å². The molecule has 2 aromatic carbocycles. The molecule has 0 saturated heterocycles. The van der Waals surface area contributed by atoms with Gasteiger partial charge in [0.1, 0.15) is 0 Å². The van der Waals surface area contributed by atoms with Crippen molar-refractivity contribution in [3.05, 3.63) is 65.7 Å². The van der Waals surface area contributed by atoms with E-state index in [0.717, 1.165) is 0 Å². The molecule has 6 nitrogen and oxygen atoms in total. The number of cyclic esters (lactones) is 2. The summed E-state index contributed by atoms with van der Waals surface area (Å²) in [7, 11) is 0. The van der Waals surface area contributed by atoms with Gasteiger partial charge in [0.2, 0.25) is 0 Å². The predicted molar refractivity (Wildman–Crippen MR) is 88.9 cm³/mol. The van der Waals surface area contributed by atoms with E-state index in [1.54, 1.807) is 36.4 Å². The van der Waals surface area contributed by atoms with E-state index in [-0.39, 0.29) is 18.9 Å². The highest BCUT2D eigenvalue weighted by molar-refractivity contribution is 6.43. The Morgan fingerprint density at radius 1 is 0.833 bits per heavy atom. The number of anilines is 1. The molecule has 3 rings (SSSR count). The van der Waals surface area contributed by atoms with Crippen LogP contribution in [0, 0.1) is 0 Å². The first-order valence-electron chi connectivity index (χ1n) is 7.58. The van der Waals surface area contributed by atoms with Crippen molar-refractivity contribution >= 4 is 23.3 Å². The number of hydrogen-bond donors (Lipinski definition) is 1. The maximum atomic E-state index is 12.3. The van der Waals surface area contributed by atoms with E-state index in [1.807, 2.05) is 18.2 Å². The summed E-state index contributed by atoms with van der Waals surface area (Å²) in [4.78, 5) is 24.4. The molecule has 24 heavy (non-hydrogen) atoms. The monoisotopic (exact) mass is 324 g/mol. The highest BCUT2D eigenvalue weighted by Crippen LogP contribution is 2.17. The van der Waals surface area contributed by atoms with Crippen molar-refractivity contribution in [3.8, 4) is 0 Å². The smallest absolute Gasteiger partial charge is 0.359 e. The Hall–Kier alpha value is -3.15. The summed E-state index contributed by atoms with van der Waals surface area (Å²) in [6, 6.07) is 15.9. The van der Waals surface area contributed by atoms with Gasteiger partial charge >= 0.3 is 11.9 Å². The first-order valence-corrected chi connectivity index (χ1v) is 7.58. The molecular weight excluding hydrogens is 308 g/mol. The molecule has 1 aliphatic heterocycles. The van der Waals surface area contributed by atoms with Crippen LogP contribution in [0.15, 0.2) is 59.7 Å². The maximum Gasteiger partial charge on any atom is 0.359 e. The fourth-order valence-electron chi connectivity index (χ4n) is 2.23. The van der Waals surface area contributed by atoms with Gasteiger partial charge in [-0.2, -0.15) is 5.10 Å². The molecule has 1 N–H and O–H groups in total. The number of carbonyl (C=O) groups is 2. The van der Waals surface area contributed by atoms with Crippen molar-refractivity contribution in [3.63, 3.8) is 0 Å². The zero-order valence-corrected chi connectivity index (χ0v) is 12.9. The molecule has 0 radical (unpaired) electrons. The van der Waals surface area contributed by atoms with Gasteiger partial charge in [-0.3, -0.25) is 5.43 Å². The third kappa shape index (κ3) is 3.60. The van der Waals surface area contributed by atoms with E-state index >= 15 is 0 Å². The number of rotatable bonds is 1. The molecule has 0 fully saturated rings. The van der Waals surface area contributed by atoms with E-state index in [9.17, 15) is 9.59 Å². The molecule has 2 aromatic rings. The van der Waals surface area contributed by atoms with Crippen LogP contribution in [0.2, 0.25) is 0 Å². The van der Waals surface area contributed by atoms with Crippen LogP contribution in [0.1, 0.15) is 22.3 Å². The zero-order chi connectivity index (χ0) is 16.8. The normalized spacial score (nSPS) is 17.8. The van der Waals surface area contributed by atoms with Crippen LogP contribution < -0.4 is 5.43 Å². The highest BCUT2D eigenvalue weighted by Gasteiger charge is 2.18. The topological polar surface area (TPSA) is 77.0 Å². The van der Waals surface area contributed by atoms with E-state index in [0.29, 0.717) is 23.2 Å². The molecule has 0 amide bonds. The molecule has 0 spiro atoms. The van der Waals surface area contributed by atoms with Crippen LogP contribution in [0.4, 0.5) is 5.69 Å². The van der Waals surface area contributed by atoms with E-state index in [1.165, 1.54) is 0 Å². The first-order chi connectivity index (χ1) is 11.8. The van der Waals surface area contributed by atoms with Gasteiger partial charge in [0.05, 0.1) is 24.5 Å². The fraction of sp³-hybridized carbons (Fsp3) is 0.167. The Morgan fingerprint density at radius 3 is 2.29 bits per heavy atom. The van der Waals surface area contributed by atoms with Gasteiger partial charge in [-0.25, -0.2) is 9.59 Å². The zero-order valence-electron chi connectivity index (χ0n) is 12.9. The van der Waals surface area contributed by atoms with Crippen LogP contribution in [-0.4, -0.2) is 30.9 Å². The Kier molecular flexibility index (Phi) is 4.86. The van der Waals surface area contributed by atoms with Crippen LogP contribution >= 0.6 is 0 Å². The number of para-hydroxylation sites is 1. The molecule has 0 atom stereocenters. The van der Waals surface area contributed by atoms with Crippen molar-refractivity contribution in [2.75, 3.05) is 18.6 Å². The number of hydrogen-bond acceptors (Lipinski definition) is 6. The van der Waals surface area contributed by atoms with Gasteiger partial charge in [-0.05, 0) is 12.1 Å². The molecule has 122 valence electrons. The van der Waals surface area contributed by atoms with E-state index in [4.69, 9.17) is 9.47 Å². The lowest BCUT2D eigenvalue weighted by Crippen LogP contribution is -2.22. The Morgan fingerprint density at radius 2 is 1.50 bits per heavy atom. The second-order valence-corrected chi connectivity index (χ2v) is 5.11. The number of hydrazone groups is 1. The summed E-state index contributed by atoms with van der Waals surface area (Å²) in [5.41, 5.74) is 4.39. The highest BCUT2D eigenvalue weighted by atomic mass is 16.5. The first kappa shape index (κ1) is 15.7. The molecule has 0 aliphatic carbocycles. The number of fused-ring (bicyclic) bond motifs is 1. The summed E-state index contributed by atoms with van der Waals surface area (Å²) in [6.45, 7) is 0.331. The second-order valence-electron chi connectivity index (χ2n) is 5.11. The van der Waals surface area contributed by atoms with Crippen molar-refractivity contribution in [2.24, 2.45) is 5.10 Å². The third-order valence-electron chi connectivity index (χ3n) is 3.43. The number of nitrogens with one attached hydrogen (secondary N) is 1. The average Bonchev–Trinajstić information content (AvgIpc) is 2.62. The summed E-state index contributed by atoms with van der Waals surface area (Å²) < 4.78 is 10.4. The van der Waals surface area contributed by atoms with Gasteiger partial charge in [0.15, 0.2) is 5.71 Å². The van der Waals surface area contributed by atoms with Gasteiger partial charge < -0.3 is 9.47 Å². The van der Waals surface area contributed by atoms with Crippen molar-refractivity contribution < 1.29 is 19.1 Å². The van der Waals surface area contributed by atoms with Gasteiger partial charge in [0, 0.05) is 12.0 Å². The van der Waals surface area contributed by atoms with Gasteiger partial charge in [-0.1, -0.05) is 42.5 Å². The number of carbonyl (C=O) groups excluding carboxylic acids is 2. The number of esters is 2. The standard InChI is InChI=1S/C18H16N2O4/c21-17-14-9-4-5-10-15(14)19-20-16(13-7-2-1-3-8-13)18(22)24-12-6-11-23-17/h1-5,7-10,19H,6,11-12H2/b20-16+. The number of ether oxygens (including phenoxy) is 2. The van der Waals surface area contributed by atoms with Crippen LogP contribution in [0.5, 0.6) is 0 Å². The Balaban J connectivity index is 2.00. The van der Waals surface area contributed by atoms with Crippen molar-refractivity contribution in [2.45, 2.75) is 6.42 Å². The quantitative estimate of drug-likeness (QED) is 0.816. The molecule has 0 aromatic heterocycles. The van der Waals surface area contributed by atoms with Crippen molar-refractivity contribution in [1.29, 1.82) is 0 Å². The predicted octanol–water partition coefficient (Wildman–Crippen LogP) is 2.61. The van der Waals surface area contributed by atoms with Crippen LogP contribution in [0.3, 0.4) is 0 Å². The Bertz CT molecular complexity index is 772. The molecular formula is C18H16N2O4. The lowest BCUT2D eigenvalue weighted by Gasteiger charge is -2.13. The molecule has 6 heteroatoms. The van der Waals surface area contributed by atoms with Crippen LogP contribution in [-0.2, 0) is 14.3 Å². The number of benzene rings is 2. The van der Waals surface area contributed by atoms with Gasteiger partial charge in [-0.15, -0.1) is 0 Å². The molecule has 1 heterocycles. The number of nitrogens with zero attached hydrogens (tertiary/aromatic N) is 1. The fourth-order valence-corrected chi connectivity index (χ4v) is 2.23. The van der Waals surface area contributed by atoms with Crippen molar-refractivity contribution in [1.82, 2.24) is 0 Å². The summed E-state index contributed by atoms with van der Waals surface area (Å²) in [5.74, 6) is -0.973. The maximum absolute atomic E-state index is 12.3. The summed E-state index contributed by atoms with van der Waals surface area (Å²) >= 11 is 0. The van der Waals surface area contributed by atoms with E-state index in [2.05, 4.69) is 10.5 Å². The SMILES string of the molecule is O=C1OCCCOC(=O)c2ccccc2N/N=C/1c1ccccc1.